The lowest BCUT2D eigenvalue weighted by atomic mass is 10.0. The summed E-state index contributed by atoms with van der Waals surface area (Å²) in [4.78, 5) is 52.7. The smallest absolute Gasteiger partial charge is 0.462 e. The molecule has 350 valence electrons. The zero-order valence-corrected chi connectivity index (χ0v) is 38.5. The quantitative estimate of drug-likeness (QED) is 0.0167. The van der Waals surface area contributed by atoms with E-state index in [-0.39, 0.29) is 18.9 Å². The number of rotatable bonds is 42. The summed E-state index contributed by atoms with van der Waals surface area (Å²) < 4.78 is 47.7. The van der Waals surface area contributed by atoms with Crippen LogP contribution < -0.4 is 0 Å². The lowest BCUT2D eigenvalue weighted by Gasteiger charge is -2.20. The molecule has 0 saturated heterocycles. The Morgan fingerprint density at radius 1 is 0.533 bits per heavy atom. The summed E-state index contributed by atoms with van der Waals surface area (Å²) in [5.41, 5.74) is 0. The summed E-state index contributed by atoms with van der Waals surface area (Å²) in [7, 11) is -9.70. The van der Waals surface area contributed by atoms with Gasteiger partial charge in [-0.1, -0.05) is 145 Å². The van der Waals surface area contributed by atoms with Crippen LogP contribution in [-0.2, 0) is 41.8 Å². The molecule has 0 heterocycles. The molecule has 0 saturated carbocycles. The van der Waals surface area contributed by atoms with E-state index in [2.05, 4.69) is 52.4 Å². The molecule has 0 rings (SSSR count). The molecule has 0 aliphatic carbocycles. The van der Waals surface area contributed by atoms with Gasteiger partial charge >= 0.3 is 27.6 Å². The number of aliphatic hydroxyl groups is 2. The Kier molecular flexibility index (Phi) is 38.6. The van der Waals surface area contributed by atoms with Crippen LogP contribution in [0.2, 0.25) is 0 Å². The van der Waals surface area contributed by atoms with Crippen LogP contribution in [0.15, 0.2) is 48.6 Å². The maximum atomic E-state index is 12.6. The molecule has 0 amide bonds. The number of ether oxygens (including phenoxy) is 2. The predicted octanol–water partition coefficient (Wildman–Crippen LogP) is 10.4. The van der Waals surface area contributed by atoms with E-state index in [1.165, 1.54) is 70.6 Å². The van der Waals surface area contributed by atoms with Crippen molar-refractivity contribution in [2.75, 3.05) is 26.4 Å². The summed E-state index contributed by atoms with van der Waals surface area (Å²) in [6.07, 6.45) is 38.1. The Balaban J connectivity index is 4.59. The van der Waals surface area contributed by atoms with Crippen LogP contribution in [0, 0.1) is 0 Å². The molecule has 0 aromatic rings. The highest BCUT2D eigenvalue weighted by Gasteiger charge is 2.28. The molecule has 4 atom stereocenters. The molecular formula is C44H80O14P2. The molecule has 0 aromatic carbocycles. The number of hydrogen-bond acceptors (Lipinski definition) is 11. The van der Waals surface area contributed by atoms with Crippen molar-refractivity contribution in [2.24, 2.45) is 0 Å². The third kappa shape index (κ3) is 44.1. The van der Waals surface area contributed by atoms with Crippen molar-refractivity contribution in [3.63, 3.8) is 0 Å². The van der Waals surface area contributed by atoms with E-state index in [4.69, 9.17) is 23.8 Å². The zero-order chi connectivity index (χ0) is 44.6. The number of carbonyl (C=O) groups excluding carboxylic acids is 2. The molecular weight excluding hydrogens is 814 g/mol. The fourth-order valence-corrected chi connectivity index (χ4v) is 6.99. The number of allylic oxidation sites excluding steroid dienone is 8. The monoisotopic (exact) mass is 895 g/mol. The highest BCUT2D eigenvalue weighted by Crippen LogP contribution is 2.43. The summed E-state index contributed by atoms with van der Waals surface area (Å²) in [6, 6.07) is 0. The molecule has 0 aliphatic heterocycles. The molecule has 60 heavy (non-hydrogen) atoms. The standard InChI is InChI=1S/C44H80O14P2/c1-3-4-5-6-7-8-9-10-12-16-19-22-25-28-31-34-43(47)54-38-42(39-57-60(52,53)56-37-41(46)36-55-59(49,50)51)58-44(48)35-32-29-26-23-20-17-14-11-13-15-18-21-24-27-30-33-40(2)45/h13-15,17,21,23-24,26,40-42,45-46H,3-12,16,18-20,22,25,27-39H2,1-2H3,(H,52,53)(H2,49,50,51)/b15-13-,17-14-,24-21-,26-23-/t40-,41-,42+/m0/s1. The number of esters is 2. The molecule has 0 radical (unpaired) electrons. The van der Waals surface area contributed by atoms with Gasteiger partial charge in [-0.3, -0.25) is 23.2 Å². The molecule has 0 aliphatic rings. The molecule has 0 bridgehead atoms. The Hall–Kier alpha value is -1.96. The van der Waals surface area contributed by atoms with Crippen molar-refractivity contribution in [1.29, 1.82) is 0 Å². The van der Waals surface area contributed by atoms with Crippen molar-refractivity contribution in [1.82, 2.24) is 0 Å². The summed E-state index contributed by atoms with van der Waals surface area (Å²) in [5.74, 6) is -1.11. The lowest BCUT2D eigenvalue weighted by Crippen LogP contribution is -2.29. The van der Waals surface area contributed by atoms with Gasteiger partial charge in [-0.25, -0.2) is 9.13 Å². The Bertz CT molecular complexity index is 1260. The van der Waals surface area contributed by atoms with Crippen molar-refractivity contribution < 1.29 is 66.7 Å². The first-order valence-electron chi connectivity index (χ1n) is 22.4. The number of unbranched alkanes of at least 4 members (excludes halogenated alkanes) is 16. The SMILES string of the molecule is CCCCCCCCCCCCCCCCCC(=O)OC[C@H](COP(=O)(O)OC[C@@H](O)COP(=O)(O)O)OC(=O)CCC/C=C\C/C=C\C/C=C\C/C=C\CCC[C@H](C)O. The third-order valence-corrected chi connectivity index (χ3v) is 10.7. The minimum atomic E-state index is -4.87. The van der Waals surface area contributed by atoms with Gasteiger partial charge in [0.15, 0.2) is 6.10 Å². The number of phosphoric acid groups is 2. The Morgan fingerprint density at radius 3 is 1.47 bits per heavy atom. The van der Waals surface area contributed by atoms with Crippen LogP contribution in [0.4, 0.5) is 0 Å². The molecule has 0 fully saturated rings. The zero-order valence-electron chi connectivity index (χ0n) is 36.7. The number of hydrogen-bond donors (Lipinski definition) is 5. The minimum Gasteiger partial charge on any atom is -0.462 e. The molecule has 0 aromatic heterocycles. The predicted molar refractivity (Wildman–Crippen MR) is 236 cm³/mol. The van der Waals surface area contributed by atoms with Crippen LogP contribution in [0.25, 0.3) is 0 Å². The molecule has 5 N–H and O–H groups in total. The molecule has 14 nitrogen and oxygen atoms in total. The van der Waals surface area contributed by atoms with Gasteiger partial charge in [0.2, 0.25) is 0 Å². The van der Waals surface area contributed by atoms with Crippen molar-refractivity contribution in [3.8, 4) is 0 Å². The maximum absolute atomic E-state index is 12.6. The van der Waals surface area contributed by atoms with Gasteiger partial charge in [-0.2, -0.15) is 0 Å². The van der Waals surface area contributed by atoms with Crippen LogP contribution in [0.5, 0.6) is 0 Å². The first-order chi connectivity index (χ1) is 28.7. The van der Waals surface area contributed by atoms with Crippen LogP contribution in [0.1, 0.15) is 174 Å². The Labute approximate surface area is 361 Å². The topological polar surface area (TPSA) is 216 Å². The van der Waals surface area contributed by atoms with E-state index in [0.29, 0.717) is 19.3 Å². The first-order valence-corrected chi connectivity index (χ1v) is 25.4. The van der Waals surface area contributed by atoms with Gasteiger partial charge in [0.25, 0.3) is 0 Å². The summed E-state index contributed by atoms with van der Waals surface area (Å²) >= 11 is 0. The van der Waals surface area contributed by atoms with E-state index in [1.54, 1.807) is 6.92 Å². The van der Waals surface area contributed by atoms with Gasteiger partial charge in [0, 0.05) is 12.8 Å². The van der Waals surface area contributed by atoms with E-state index in [1.807, 2.05) is 12.2 Å². The van der Waals surface area contributed by atoms with Gasteiger partial charge in [-0.15, -0.1) is 0 Å². The van der Waals surface area contributed by atoms with Gasteiger partial charge in [0.05, 0.1) is 25.9 Å². The van der Waals surface area contributed by atoms with Gasteiger partial charge in [-0.05, 0) is 64.7 Å². The van der Waals surface area contributed by atoms with Crippen molar-refractivity contribution >= 4 is 27.6 Å². The van der Waals surface area contributed by atoms with E-state index < -0.39 is 66.2 Å². The molecule has 16 heteroatoms. The normalized spacial score (nSPS) is 15.0. The highest BCUT2D eigenvalue weighted by molar-refractivity contribution is 7.47. The average molecular weight is 895 g/mol. The van der Waals surface area contributed by atoms with E-state index in [9.17, 15) is 33.8 Å². The van der Waals surface area contributed by atoms with Crippen LogP contribution >= 0.6 is 15.6 Å². The maximum Gasteiger partial charge on any atom is 0.472 e. The number of aliphatic hydroxyl groups excluding tert-OH is 2. The second-order valence-corrected chi connectivity index (χ2v) is 18.0. The second kappa shape index (κ2) is 39.9. The average Bonchev–Trinajstić information content (AvgIpc) is 3.19. The van der Waals surface area contributed by atoms with Crippen molar-refractivity contribution in [2.45, 2.75) is 193 Å². The van der Waals surface area contributed by atoms with Crippen LogP contribution in [-0.4, -0.2) is 81.6 Å². The summed E-state index contributed by atoms with van der Waals surface area (Å²) in [5, 5.41) is 19.0. The van der Waals surface area contributed by atoms with E-state index in [0.717, 1.165) is 57.8 Å². The molecule has 0 spiro atoms. The van der Waals surface area contributed by atoms with E-state index >= 15 is 0 Å². The first kappa shape index (κ1) is 58.0. The lowest BCUT2D eigenvalue weighted by molar-refractivity contribution is -0.161. The number of phosphoric ester groups is 2. The second-order valence-electron chi connectivity index (χ2n) is 15.3. The minimum absolute atomic E-state index is 0.0442. The van der Waals surface area contributed by atoms with Crippen molar-refractivity contribution in [3.05, 3.63) is 48.6 Å². The Morgan fingerprint density at radius 2 is 0.967 bits per heavy atom. The third-order valence-electron chi connectivity index (χ3n) is 9.23. The fourth-order valence-electron chi connectivity index (χ4n) is 5.83. The van der Waals surface area contributed by atoms with Gasteiger partial charge < -0.3 is 34.4 Å². The van der Waals surface area contributed by atoms with Gasteiger partial charge in [0.1, 0.15) is 12.7 Å². The largest absolute Gasteiger partial charge is 0.472 e. The van der Waals surface area contributed by atoms with Crippen LogP contribution in [0.3, 0.4) is 0 Å². The molecule has 1 unspecified atom stereocenters. The number of carbonyl (C=O) groups is 2. The highest BCUT2D eigenvalue weighted by atomic mass is 31.2. The fraction of sp³-hybridized carbons (Fsp3) is 0.773. The summed E-state index contributed by atoms with van der Waals surface area (Å²) in [6.45, 7) is 1.25.